The lowest BCUT2D eigenvalue weighted by Gasteiger charge is -2.07. The van der Waals surface area contributed by atoms with Crippen LogP contribution in [0.15, 0.2) is 64.8 Å². The van der Waals surface area contributed by atoms with Crippen molar-refractivity contribution in [1.29, 1.82) is 0 Å². The van der Waals surface area contributed by atoms with Crippen molar-refractivity contribution in [2.24, 2.45) is 10.2 Å². The molecule has 0 saturated heterocycles. The molecule has 106 valence electrons. The number of Topliss-reactive ketones (excluding diaryl/α,β-unsaturated/α-hetero) is 2. The van der Waals surface area contributed by atoms with Crippen LogP contribution < -0.4 is 0 Å². The molecule has 0 radical (unpaired) electrons. The second-order valence-electron chi connectivity index (χ2n) is 4.75. The topological polar surface area (TPSA) is 58.9 Å². The molecule has 1 unspecified atom stereocenters. The summed E-state index contributed by atoms with van der Waals surface area (Å²) in [5.41, 5.74) is 2.06. The second-order valence-corrected chi connectivity index (χ2v) is 4.75. The molecule has 0 heterocycles. The summed E-state index contributed by atoms with van der Waals surface area (Å²) in [4.78, 5) is 24.0. The predicted molar refractivity (Wildman–Crippen MR) is 80.9 cm³/mol. The van der Waals surface area contributed by atoms with Gasteiger partial charge in [0.25, 0.3) is 0 Å². The minimum absolute atomic E-state index is 0.318. The van der Waals surface area contributed by atoms with E-state index in [9.17, 15) is 9.59 Å². The zero-order chi connectivity index (χ0) is 15.2. The van der Waals surface area contributed by atoms with Crippen LogP contribution in [0, 0.1) is 6.92 Å². The van der Waals surface area contributed by atoms with Gasteiger partial charge in [-0.3, -0.25) is 9.59 Å². The zero-order valence-corrected chi connectivity index (χ0v) is 12.0. The van der Waals surface area contributed by atoms with Crippen molar-refractivity contribution in [2.45, 2.75) is 19.9 Å². The molecule has 2 rings (SSSR count). The van der Waals surface area contributed by atoms with E-state index >= 15 is 0 Å². The SMILES string of the molecule is CC(=O)C(N=Nc1ccccc1C)C(=O)c1ccccc1. The number of benzene rings is 2. The highest BCUT2D eigenvalue weighted by atomic mass is 16.2. The number of hydrogen-bond acceptors (Lipinski definition) is 4. The molecule has 2 aromatic carbocycles. The minimum atomic E-state index is -1.09. The second kappa shape index (κ2) is 6.70. The molecule has 2 aromatic rings. The molecule has 0 spiro atoms. The number of aryl methyl sites for hydroxylation is 1. The molecule has 0 bridgehead atoms. The van der Waals surface area contributed by atoms with Crippen LogP contribution >= 0.6 is 0 Å². The fraction of sp³-hybridized carbons (Fsp3) is 0.176. The Balaban J connectivity index is 2.27. The predicted octanol–water partition coefficient (Wildman–Crippen LogP) is 3.92. The standard InChI is InChI=1S/C17H16N2O2/c1-12-8-6-7-11-15(12)18-19-16(13(2)20)17(21)14-9-4-3-5-10-14/h3-11,16H,1-2H3. The van der Waals surface area contributed by atoms with Crippen LogP contribution in [-0.2, 0) is 4.79 Å². The van der Waals surface area contributed by atoms with Gasteiger partial charge in [-0.05, 0) is 25.5 Å². The average molecular weight is 280 g/mol. The van der Waals surface area contributed by atoms with Gasteiger partial charge in [-0.1, -0.05) is 48.5 Å². The summed E-state index contributed by atoms with van der Waals surface area (Å²) in [6, 6.07) is 15.0. The number of azo groups is 1. The third-order valence-electron chi connectivity index (χ3n) is 3.09. The van der Waals surface area contributed by atoms with Crippen LogP contribution in [0.5, 0.6) is 0 Å². The summed E-state index contributed by atoms with van der Waals surface area (Å²) in [6.07, 6.45) is 0. The Bertz CT molecular complexity index is 678. The average Bonchev–Trinajstić information content (AvgIpc) is 2.49. The summed E-state index contributed by atoms with van der Waals surface area (Å²) >= 11 is 0. The molecule has 4 nitrogen and oxygen atoms in total. The maximum atomic E-state index is 12.3. The van der Waals surface area contributed by atoms with Gasteiger partial charge in [-0.2, -0.15) is 10.2 Å². The van der Waals surface area contributed by atoms with Crippen molar-refractivity contribution < 1.29 is 9.59 Å². The van der Waals surface area contributed by atoms with E-state index in [1.807, 2.05) is 31.2 Å². The lowest BCUT2D eigenvalue weighted by Crippen LogP contribution is -2.26. The highest BCUT2D eigenvalue weighted by molar-refractivity contribution is 6.13. The maximum absolute atomic E-state index is 12.3. The summed E-state index contributed by atoms with van der Waals surface area (Å²) < 4.78 is 0. The van der Waals surface area contributed by atoms with Crippen molar-refractivity contribution >= 4 is 17.3 Å². The van der Waals surface area contributed by atoms with Gasteiger partial charge in [0, 0.05) is 5.56 Å². The zero-order valence-electron chi connectivity index (χ0n) is 12.0. The van der Waals surface area contributed by atoms with Gasteiger partial charge in [-0.15, -0.1) is 0 Å². The largest absolute Gasteiger partial charge is 0.297 e. The number of ketones is 2. The first-order valence-electron chi connectivity index (χ1n) is 6.66. The Morgan fingerprint density at radius 1 is 0.952 bits per heavy atom. The summed E-state index contributed by atoms with van der Waals surface area (Å²) in [6.45, 7) is 3.25. The lowest BCUT2D eigenvalue weighted by molar-refractivity contribution is -0.117. The van der Waals surface area contributed by atoms with E-state index in [1.165, 1.54) is 6.92 Å². The lowest BCUT2D eigenvalue weighted by atomic mass is 10.0. The Morgan fingerprint density at radius 2 is 1.57 bits per heavy atom. The Hall–Kier alpha value is -2.62. The molecule has 0 fully saturated rings. The molecule has 0 saturated carbocycles. The van der Waals surface area contributed by atoms with Gasteiger partial charge >= 0.3 is 0 Å². The summed E-state index contributed by atoms with van der Waals surface area (Å²) in [7, 11) is 0. The monoisotopic (exact) mass is 280 g/mol. The Labute approximate surface area is 123 Å². The van der Waals surface area contributed by atoms with Crippen molar-refractivity contribution in [3.8, 4) is 0 Å². The van der Waals surface area contributed by atoms with E-state index in [4.69, 9.17) is 0 Å². The van der Waals surface area contributed by atoms with Crippen LogP contribution in [0.1, 0.15) is 22.8 Å². The Kier molecular flexibility index (Phi) is 4.72. The fourth-order valence-corrected chi connectivity index (χ4v) is 1.87. The van der Waals surface area contributed by atoms with Gasteiger partial charge in [0.1, 0.15) is 0 Å². The van der Waals surface area contributed by atoms with Crippen molar-refractivity contribution in [1.82, 2.24) is 0 Å². The highest BCUT2D eigenvalue weighted by Crippen LogP contribution is 2.19. The number of carbonyl (C=O) groups is 2. The first kappa shape index (κ1) is 14.8. The molecule has 21 heavy (non-hydrogen) atoms. The molecular weight excluding hydrogens is 264 g/mol. The van der Waals surface area contributed by atoms with E-state index in [1.54, 1.807) is 30.3 Å². The van der Waals surface area contributed by atoms with Crippen LogP contribution in [0.3, 0.4) is 0 Å². The Morgan fingerprint density at radius 3 is 2.19 bits per heavy atom. The molecule has 0 N–H and O–H groups in total. The number of nitrogens with zero attached hydrogens (tertiary/aromatic N) is 2. The molecular formula is C17H16N2O2. The normalized spacial score (nSPS) is 12.3. The maximum Gasteiger partial charge on any atom is 0.196 e. The van der Waals surface area contributed by atoms with E-state index in [0.29, 0.717) is 11.3 Å². The van der Waals surface area contributed by atoms with Gasteiger partial charge in [-0.25, -0.2) is 0 Å². The number of carbonyl (C=O) groups excluding carboxylic acids is 2. The van der Waals surface area contributed by atoms with Gasteiger partial charge in [0.15, 0.2) is 17.6 Å². The molecule has 0 aliphatic carbocycles. The summed E-state index contributed by atoms with van der Waals surface area (Å²) in [5.74, 6) is -0.651. The highest BCUT2D eigenvalue weighted by Gasteiger charge is 2.24. The van der Waals surface area contributed by atoms with E-state index in [-0.39, 0.29) is 11.6 Å². The van der Waals surface area contributed by atoms with E-state index in [0.717, 1.165) is 5.56 Å². The van der Waals surface area contributed by atoms with Gasteiger partial charge in [0.05, 0.1) is 5.69 Å². The van der Waals surface area contributed by atoms with Crippen molar-refractivity contribution in [3.05, 3.63) is 65.7 Å². The first-order chi connectivity index (χ1) is 10.1. The third-order valence-corrected chi connectivity index (χ3v) is 3.09. The minimum Gasteiger partial charge on any atom is -0.297 e. The fourth-order valence-electron chi connectivity index (χ4n) is 1.87. The van der Waals surface area contributed by atoms with Gasteiger partial charge in [0.2, 0.25) is 0 Å². The van der Waals surface area contributed by atoms with Crippen LogP contribution in [0.4, 0.5) is 5.69 Å². The molecule has 0 aliphatic rings. The first-order valence-corrected chi connectivity index (χ1v) is 6.66. The molecule has 0 aliphatic heterocycles. The van der Waals surface area contributed by atoms with Crippen LogP contribution in [-0.4, -0.2) is 17.6 Å². The number of hydrogen-bond donors (Lipinski definition) is 0. The van der Waals surface area contributed by atoms with Gasteiger partial charge < -0.3 is 0 Å². The number of rotatable bonds is 5. The molecule has 1 atom stereocenters. The molecule has 0 amide bonds. The van der Waals surface area contributed by atoms with Crippen molar-refractivity contribution in [2.75, 3.05) is 0 Å². The van der Waals surface area contributed by atoms with Crippen molar-refractivity contribution in [3.63, 3.8) is 0 Å². The van der Waals surface area contributed by atoms with Crippen LogP contribution in [0.2, 0.25) is 0 Å². The van der Waals surface area contributed by atoms with Crippen LogP contribution in [0.25, 0.3) is 0 Å². The smallest absolute Gasteiger partial charge is 0.196 e. The summed E-state index contributed by atoms with van der Waals surface area (Å²) in [5, 5.41) is 8.01. The molecule has 0 aromatic heterocycles. The quantitative estimate of drug-likeness (QED) is 0.473. The van der Waals surface area contributed by atoms with E-state index in [2.05, 4.69) is 10.2 Å². The molecule has 4 heteroatoms. The van der Waals surface area contributed by atoms with E-state index < -0.39 is 6.04 Å². The third kappa shape index (κ3) is 3.69.